The second-order valence-corrected chi connectivity index (χ2v) is 10.6. The van der Waals surface area contributed by atoms with Gasteiger partial charge in [-0.1, -0.05) is 12.1 Å². The van der Waals surface area contributed by atoms with E-state index in [1.807, 2.05) is 18.2 Å². The van der Waals surface area contributed by atoms with Gasteiger partial charge in [0.15, 0.2) is 0 Å². The number of para-hydroxylation sites is 1. The molecule has 0 radical (unpaired) electrons. The Kier molecular flexibility index (Phi) is 4.64. The van der Waals surface area contributed by atoms with Crippen molar-refractivity contribution < 1.29 is 13.2 Å². The molecule has 1 amide bonds. The maximum Gasteiger partial charge on any atom is 0.243 e. The van der Waals surface area contributed by atoms with Gasteiger partial charge in [-0.15, -0.1) is 11.3 Å². The van der Waals surface area contributed by atoms with E-state index in [2.05, 4.69) is 11.4 Å². The lowest BCUT2D eigenvalue weighted by atomic mass is 10.0. The minimum atomic E-state index is -3.58. The van der Waals surface area contributed by atoms with Gasteiger partial charge in [0.05, 0.1) is 20.1 Å². The Balaban J connectivity index is 1.41. The number of piperidine rings is 1. The zero-order valence-corrected chi connectivity index (χ0v) is 17.4. The molecule has 1 saturated heterocycles. The fourth-order valence-electron chi connectivity index (χ4n) is 4.10. The number of sulfonamides is 1. The van der Waals surface area contributed by atoms with Crippen LogP contribution >= 0.6 is 11.3 Å². The first-order chi connectivity index (χ1) is 14.0. The number of nitrogens with zero attached hydrogens (tertiary/aromatic N) is 2. The smallest absolute Gasteiger partial charge is 0.243 e. The largest absolute Gasteiger partial charge is 0.326 e. The summed E-state index contributed by atoms with van der Waals surface area (Å²) in [5, 5.41) is 3.82. The van der Waals surface area contributed by atoms with E-state index < -0.39 is 10.0 Å². The van der Waals surface area contributed by atoms with Crippen molar-refractivity contribution in [3.8, 4) is 0 Å². The van der Waals surface area contributed by atoms with Gasteiger partial charge < -0.3 is 5.32 Å². The number of anilines is 1. The number of fused-ring (bicyclic) bond motifs is 2. The van der Waals surface area contributed by atoms with E-state index in [0.717, 1.165) is 33.6 Å². The van der Waals surface area contributed by atoms with Crippen LogP contribution in [0.15, 0.2) is 47.4 Å². The number of carbonyl (C=O) groups is 1. The fraction of sp³-hybridized carbons (Fsp3) is 0.333. The second kappa shape index (κ2) is 7.19. The van der Waals surface area contributed by atoms with Crippen molar-refractivity contribution in [1.82, 2.24) is 9.29 Å². The van der Waals surface area contributed by atoms with Gasteiger partial charge in [-0.2, -0.15) is 4.31 Å². The minimum absolute atomic E-state index is 0.0252. The van der Waals surface area contributed by atoms with Crippen molar-refractivity contribution >= 4 is 43.2 Å². The van der Waals surface area contributed by atoms with Gasteiger partial charge in [0.2, 0.25) is 15.9 Å². The zero-order valence-electron chi connectivity index (χ0n) is 15.8. The number of amides is 1. The molecular weight excluding hydrogens is 406 g/mol. The van der Waals surface area contributed by atoms with Crippen molar-refractivity contribution in [1.29, 1.82) is 0 Å². The third kappa shape index (κ3) is 3.45. The normalized spacial score (nSPS) is 20.4. The number of aryl methyl sites for hydroxylation is 1. The van der Waals surface area contributed by atoms with Crippen LogP contribution in [0.1, 0.15) is 35.8 Å². The molecule has 1 aromatic heterocycles. The lowest BCUT2D eigenvalue weighted by molar-refractivity contribution is -0.116. The molecule has 0 aliphatic carbocycles. The van der Waals surface area contributed by atoms with E-state index in [-0.39, 0.29) is 11.8 Å². The third-order valence-corrected chi connectivity index (χ3v) is 8.71. The molecule has 1 atom stereocenters. The highest BCUT2D eigenvalue weighted by atomic mass is 32.2. The van der Waals surface area contributed by atoms with Gasteiger partial charge in [-0.3, -0.25) is 4.79 Å². The molecule has 6 nitrogen and oxygen atoms in total. The molecule has 29 heavy (non-hydrogen) atoms. The van der Waals surface area contributed by atoms with Crippen LogP contribution in [-0.4, -0.2) is 36.7 Å². The molecule has 0 spiro atoms. The summed E-state index contributed by atoms with van der Waals surface area (Å²) >= 11 is 1.66. The number of nitrogens with one attached hydrogen (secondary N) is 1. The van der Waals surface area contributed by atoms with Crippen LogP contribution in [0.5, 0.6) is 0 Å². The first-order valence-corrected chi connectivity index (χ1v) is 12.0. The van der Waals surface area contributed by atoms with E-state index in [1.165, 1.54) is 0 Å². The molecule has 5 rings (SSSR count). The van der Waals surface area contributed by atoms with Crippen LogP contribution in [0.4, 0.5) is 5.69 Å². The molecule has 1 fully saturated rings. The van der Waals surface area contributed by atoms with E-state index >= 15 is 0 Å². The van der Waals surface area contributed by atoms with E-state index in [4.69, 9.17) is 4.98 Å². The topological polar surface area (TPSA) is 79.4 Å². The fourth-order valence-corrected chi connectivity index (χ4v) is 6.76. The summed E-state index contributed by atoms with van der Waals surface area (Å²) < 4.78 is 29.3. The maximum absolute atomic E-state index is 13.3. The van der Waals surface area contributed by atoms with Crippen molar-refractivity contribution in [2.75, 3.05) is 18.4 Å². The summed E-state index contributed by atoms with van der Waals surface area (Å²) in [6.45, 7) is 0.980. The Labute approximate surface area is 173 Å². The summed E-state index contributed by atoms with van der Waals surface area (Å²) in [7, 11) is -3.58. The zero-order chi connectivity index (χ0) is 20.0. The van der Waals surface area contributed by atoms with E-state index in [1.54, 1.807) is 33.8 Å². The molecule has 1 N–H and O–H groups in total. The molecule has 150 valence electrons. The summed E-state index contributed by atoms with van der Waals surface area (Å²) in [5.74, 6) is 0.0932. The Morgan fingerprint density at radius 1 is 1.14 bits per heavy atom. The average Bonchev–Trinajstić information content (AvgIpc) is 3.18. The molecule has 0 saturated carbocycles. The number of benzene rings is 2. The van der Waals surface area contributed by atoms with Crippen molar-refractivity contribution in [3.63, 3.8) is 0 Å². The number of hydrogen-bond acceptors (Lipinski definition) is 5. The molecular formula is C21H21N3O3S2. The Bertz CT molecular complexity index is 1170. The van der Waals surface area contributed by atoms with Crippen molar-refractivity contribution in [3.05, 3.63) is 53.0 Å². The Morgan fingerprint density at radius 2 is 2.00 bits per heavy atom. The number of thiazole rings is 1. The summed E-state index contributed by atoms with van der Waals surface area (Å²) in [6, 6.07) is 13.0. The summed E-state index contributed by atoms with van der Waals surface area (Å²) in [4.78, 5) is 16.6. The van der Waals surface area contributed by atoms with Crippen LogP contribution in [0.25, 0.3) is 10.2 Å². The molecule has 2 aliphatic rings. The monoisotopic (exact) mass is 427 g/mol. The highest BCUT2D eigenvalue weighted by Gasteiger charge is 2.33. The average molecular weight is 428 g/mol. The lowest BCUT2D eigenvalue weighted by Crippen LogP contribution is -2.39. The first kappa shape index (κ1) is 18.7. The predicted octanol–water partition coefficient (Wildman–Crippen LogP) is 3.75. The lowest BCUT2D eigenvalue weighted by Gasteiger charge is -2.31. The highest BCUT2D eigenvalue weighted by Crippen LogP contribution is 2.35. The molecule has 3 heterocycles. The van der Waals surface area contributed by atoms with Crippen LogP contribution in [-0.2, 0) is 21.2 Å². The number of rotatable bonds is 3. The summed E-state index contributed by atoms with van der Waals surface area (Å²) in [5.41, 5.74) is 2.57. The molecule has 2 aliphatic heterocycles. The minimum Gasteiger partial charge on any atom is -0.326 e. The number of hydrogen-bond donors (Lipinski definition) is 1. The highest BCUT2D eigenvalue weighted by molar-refractivity contribution is 7.89. The van der Waals surface area contributed by atoms with Gasteiger partial charge >= 0.3 is 0 Å². The molecule has 0 bridgehead atoms. The number of aromatic nitrogens is 1. The molecule has 2 aromatic carbocycles. The third-order valence-electron chi connectivity index (χ3n) is 5.65. The van der Waals surface area contributed by atoms with Crippen molar-refractivity contribution in [2.45, 2.75) is 36.5 Å². The van der Waals surface area contributed by atoms with Crippen LogP contribution in [0.2, 0.25) is 0 Å². The van der Waals surface area contributed by atoms with Gasteiger partial charge in [0, 0.05) is 31.1 Å². The maximum atomic E-state index is 13.3. The molecule has 8 heteroatoms. The standard InChI is InChI=1S/C21H21N3O3S2/c25-20-10-7-14-12-16(8-9-17(14)22-20)29(26,27)24-11-3-4-15(13-24)21-23-18-5-1-2-6-19(18)28-21/h1-2,5-6,8-9,12,15H,3-4,7,10-11,13H2,(H,22,25)/t15-/m1/s1. The van der Waals surface area contributed by atoms with Crippen LogP contribution < -0.4 is 5.32 Å². The number of carbonyl (C=O) groups excluding carboxylic acids is 1. The van der Waals surface area contributed by atoms with Crippen LogP contribution in [0, 0.1) is 0 Å². The quantitative estimate of drug-likeness (QED) is 0.690. The van der Waals surface area contributed by atoms with Gasteiger partial charge in [-0.05, 0) is 55.2 Å². The Morgan fingerprint density at radius 3 is 2.86 bits per heavy atom. The van der Waals surface area contributed by atoms with E-state index in [0.29, 0.717) is 36.5 Å². The SMILES string of the molecule is O=C1CCc2cc(S(=O)(=O)N3CCC[C@@H](c4nc5ccccc5s4)C3)ccc2N1. The van der Waals surface area contributed by atoms with Gasteiger partial charge in [0.1, 0.15) is 0 Å². The van der Waals surface area contributed by atoms with Crippen LogP contribution in [0.3, 0.4) is 0 Å². The summed E-state index contributed by atoms with van der Waals surface area (Å²) in [6.07, 6.45) is 2.72. The Hall–Kier alpha value is -2.29. The predicted molar refractivity (Wildman–Crippen MR) is 114 cm³/mol. The van der Waals surface area contributed by atoms with Crippen molar-refractivity contribution in [2.24, 2.45) is 0 Å². The van der Waals surface area contributed by atoms with Gasteiger partial charge in [0.25, 0.3) is 0 Å². The van der Waals surface area contributed by atoms with E-state index in [9.17, 15) is 13.2 Å². The first-order valence-electron chi connectivity index (χ1n) is 9.79. The van der Waals surface area contributed by atoms with Gasteiger partial charge in [-0.25, -0.2) is 13.4 Å². The molecule has 0 unspecified atom stereocenters. The molecule has 3 aromatic rings. The second-order valence-electron chi connectivity index (χ2n) is 7.59.